The van der Waals surface area contributed by atoms with Gasteiger partial charge in [0.2, 0.25) is 5.91 Å². The van der Waals surface area contributed by atoms with Gasteiger partial charge in [-0.25, -0.2) is 0 Å². The van der Waals surface area contributed by atoms with E-state index in [2.05, 4.69) is 10.2 Å². The molecule has 1 fully saturated rings. The number of carbonyl (C=O) groups is 1. The third kappa shape index (κ3) is 4.44. The number of anilines is 2. The first-order valence-corrected chi connectivity index (χ1v) is 9.35. The fourth-order valence-electron chi connectivity index (χ4n) is 3.26. The number of rotatable bonds is 5. The SMILES string of the molecule is CC(C)(C)C(=O)N1CCN(c2ccc([N+](=O)[O-])c(NCc3ccco3)c2)CC1. The number of nitrogens with one attached hydrogen (secondary N) is 1. The molecule has 1 aliphatic heterocycles. The average molecular weight is 386 g/mol. The van der Waals surface area contributed by atoms with Crippen molar-refractivity contribution < 1.29 is 14.1 Å². The number of nitro benzene ring substituents is 1. The van der Waals surface area contributed by atoms with Crippen molar-refractivity contribution in [2.75, 3.05) is 36.4 Å². The second kappa shape index (κ2) is 7.92. The average Bonchev–Trinajstić information content (AvgIpc) is 3.18. The molecule has 0 bridgehead atoms. The number of hydrogen-bond acceptors (Lipinski definition) is 6. The second-order valence-corrected chi connectivity index (χ2v) is 7.92. The molecule has 8 heteroatoms. The van der Waals surface area contributed by atoms with Crippen molar-refractivity contribution in [3.63, 3.8) is 0 Å². The van der Waals surface area contributed by atoms with Crippen LogP contribution in [0.1, 0.15) is 26.5 Å². The molecule has 1 saturated heterocycles. The quantitative estimate of drug-likeness (QED) is 0.625. The molecule has 1 aromatic heterocycles. The Bertz CT molecular complexity index is 834. The third-order valence-electron chi connectivity index (χ3n) is 4.78. The summed E-state index contributed by atoms with van der Waals surface area (Å²) in [5, 5.41) is 14.5. The van der Waals surface area contributed by atoms with E-state index in [1.165, 1.54) is 6.07 Å². The van der Waals surface area contributed by atoms with Crippen LogP contribution >= 0.6 is 0 Å². The Morgan fingerprint density at radius 2 is 1.93 bits per heavy atom. The van der Waals surface area contributed by atoms with Gasteiger partial charge in [0.1, 0.15) is 11.4 Å². The molecule has 2 heterocycles. The summed E-state index contributed by atoms with van der Waals surface area (Å²) >= 11 is 0. The predicted octanol–water partition coefficient (Wildman–Crippen LogP) is 3.49. The lowest BCUT2D eigenvalue weighted by Gasteiger charge is -2.38. The van der Waals surface area contributed by atoms with Crippen LogP contribution in [0.5, 0.6) is 0 Å². The summed E-state index contributed by atoms with van der Waals surface area (Å²) in [5.41, 5.74) is 0.984. The number of benzene rings is 1. The molecule has 8 nitrogen and oxygen atoms in total. The summed E-state index contributed by atoms with van der Waals surface area (Å²) in [5.74, 6) is 0.852. The number of nitro groups is 1. The first kappa shape index (κ1) is 19.7. The van der Waals surface area contributed by atoms with E-state index in [1.807, 2.05) is 31.7 Å². The zero-order chi connectivity index (χ0) is 20.3. The van der Waals surface area contributed by atoms with E-state index in [0.29, 0.717) is 44.2 Å². The maximum atomic E-state index is 12.4. The Morgan fingerprint density at radius 3 is 2.50 bits per heavy atom. The molecule has 1 aliphatic rings. The molecular weight excluding hydrogens is 360 g/mol. The fourth-order valence-corrected chi connectivity index (χ4v) is 3.26. The largest absolute Gasteiger partial charge is 0.467 e. The minimum Gasteiger partial charge on any atom is -0.467 e. The van der Waals surface area contributed by atoms with Crippen LogP contribution in [-0.4, -0.2) is 41.9 Å². The zero-order valence-corrected chi connectivity index (χ0v) is 16.5. The minimum atomic E-state index is -0.395. The number of amides is 1. The van der Waals surface area contributed by atoms with Gasteiger partial charge in [0, 0.05) is 43.3 Å². The molecule has 0 spiro atoms. The van der Waals surface area contributed by atoms with E-state index in [1.54, 1.807) is 24.5 Å². The molecule has 1 N–H and O–H groups in total. The highest BCUT2D eigenvalue weighted by Crippen LogP contribution is 2.31. The monoisotopic (exact) mass is 386 g/mol. The van der Waals surface area contributed by atoms with Gasteiger partial charge in [0.05, 0.1) is 17.7 Å². The van der Waals surface area contributed by atoms with Crippen LogP contribution in [0.3, 0.4) is 0 Å². The summed E-state index contributed by atoms with van der Waals surface area (Å²) < 4.78 is 5.28. The lowest BCUT2D eigenvalue weighted by molar-refractivity contribution is -0.384. The van der Waals surface area contributed by atoms with Crippen LogP contribution in [0.15, 0.2) is 41.0 Å². The minimum absolute atomic E-state index is 0.0249. The Kier molecular flexibility index (Phi) is 5.58. The Balaban J connectivity index is 1.71. The maximum Gasteiger partial charge on any atom is 0.292 e. The van der Waals surface area contributed by atoms with Crippen molar-refractivity contribution in [1.29, 1.82) is 0 Å². The highest BCUT2D eigenvalue weighted by Gasteiger charge is 2.30. The lowest BCUT2D eigenvalue weighted by Crippen LogP contribution is -2.51. The maximum absolute atomic E-state index is 12.4. The number of piperazine rings is 1. The van der Waals surface area contributed by atoms with Gasteiger partial charge in [-0.3, -0.25) is 14.9 Å². The first-order chi connectivity index (χ1) is 13.3. The van der Waals surface area contributed by atoms with Gasteiger partial charge < -0.3 is 19.5 Å². The van der Waals surface area contributed by atoms with Crippen LogP contribution < -0.4 is 10.2 Å². The van der Waals surface area contributed by atoms with E-state index < -0.39 is 10.3 Å². The van der Waals surface area contributed by atoms with Crippen LogP contribution in [0.25, 0.3) is 0 Å². The van der Waals surface area contributed by atoms with Crippen LogP contribution in [0.2, 0.25) is 0 Å². The Hall–Kier alpha value is -3.03. The number of carbonyl (C=O) groups excluding carboxylic acids is 1. The van der Waals surface area contributed by atoms with Gasteiger partial charge in [-0.2, -0.15) is 0 Å². The fraction of sp³-hybridized carbons (Fsp3) is 0.450. The van der Waals surface area contributed by atoms with Gasteiger partial charge in [-0.15, -0.1) is 0 Å². The van der Waals surface area contributed by atoms with Crippen molar-refractivity contribution in [2.24, 2.45) is 5.41 Å². The molecular formula is C20H26N4O4. The Labute approximate surface area is 164 Å². The molecule has 3 rings (SSSR count). The highest BCUT2D eigenvalue weighted by atomic mass is 16.6. The van der Waals surface area contributed by atoms with Gasteiger partial charge in [-0.05, 0) is 24.3 Å². The van der Waals surface area contributed by atoms with Crippen molar-refractivity contribution in [3.8, 4) is 0 Å². The van der Waals surface area contributed by atoms with Crippen LogP contribution in [0.4, 0.5) is 17.1 Å². The smallest absolute Gasteiger partial charge is 0.292 e. The second-order valence-electron chi connectivity index (χ2n) is 7.92. The predicted molar refractivity (Wildman–Crippen MR) is 107 cm³/mol. The van der Waals surface area contributed by atoms with Gasteiger partial charge >= 0.3 is 0 Å². The van der Waals surface area contributed by atoms with E-state index in [0.717, 1.165) is 5.69 Å². The summed E-state index contributed by atoms with van der Waals surface area (Å²) in [6.07, 6.45) is 1.57. The Morgan fingerprint density at radius 1 is 1.21 bits per heavy atom. The number of hydrogen-bond donors (Lipinski definition) is 1. The van der Waals surface area contributed by atoms with Crippen molar-refractivity contribution in [3.05, 3.63) is 52.5 Å². The number of furan rings is 1. The van der Waals surface area contributed by atoms with Gasteiger partial charge in [0.15, 0.2) is 0 Å². The third-order valence-corrected chi connectivity index (χ3v) is 4.78. The number of nitrogens with zero attached hydrogens (tertiary/aromatic N) is 3. The summed E-state index contributed by atoms with van der Waals surface area (Å²) in [6, 6.07) is 8.67. The topological polar surface area (TPSA) is 91.9 Å². The molecule has 2 aromatic rings. The lowest BCUT2D eigenvalue weighted by atomic mass is 9.94. The molecule has 1 amide bonds. The van der Waals surface area contributed by atoms with Crippen molar-refractivity contribution in [1.82, 2.24) is 4.90 Å². The molecule has 0 atom stereocenters. The summed E-state index contributed by atoms with van der Waals surface area (Å²) in [7, 11) is 0. The molecule has 1 aromatic carbocycles. The van der Waals surface area contributed by atoms with Crippen LogP contribution in [-0.2, 0) is 11.3 Å². The van der Waals surface area contributed by atoms with Crippen molar-refractivity contribution >= 4 is 23.0 Å². The molecule has 28 heavy (non-hydrogen) atoms. The van der Waals surface area contributed by atoms with Crippen molar-refractivity contribution in [2.45, 2.75) is 27.3 Å². The summed E-state index contributed by atoms with van der Waals surface area (Å²) in [4.78, 5) is 27.5. The highest BCUT2D eigenvalue weighted by molar-refractivity contribution is 5.82. The van der Waals surface area contributed by atoms with Gasteiger partial charge in [0.25, 0.3) is 5.69 Å². The van der Waals surface area contributed by atoms with Crippen LogP contribution in [0, 0.1) is 15.5 Å². The van der Waals surface area contributed by atoms with E-state index in [-0.39, 0.29) is 11.6 Å². The zero-order valence-electron chi connectivity index (χ0n) is 16.5. The standard InChI is InChI=1S/C20H26N4O4/c1-20(2,3)19(25)23-10-8-22(9-11-23)15-6-7-18(24(26)27)17(13-15)21-14-16-5-4-12-28-16/h4-7,12-13,21H,8-11,14H2,1-3H3. The van der Waals surface area contributed by atoms with E-state index >= 15 is 0 Å². The summed E-state index contributed by atoms with van der Waals surface area (Å²) in [6.45, 7) is 8.81. The molecule has 0 aliphatic carbocycles. The molecule has 150 valence electrons. The van der Waals surface area contributed by atoms with E-state index in [9.17, 15) is 14.9 Å². The first-order valence-electron chi connectivity index (χ1n) is 9.35. The molecule has 0 radical (unpaired) electrons. The van der Waals surface area contributed by atoms with Gasteiger partial charge in [-0.1, -0.05) is 20.8 Å². The molecule has 0 unspecified atom stereocenters. The normalized spacial score (nSPS) is 14.8. The van der Waals surface area contributed by atoms with E-state index in [4.69, 9.17) is 4.42 Å². The molecule has 0 saturated carbocycles.